The first-order chi connectivity index (χ1) is 16.5. The summed E-state index contributed by atoms with van der Waals surface area (Å²) in [4.78, 5) is 42.2. The molecule has 1 aromatic carbocycles. The van der Waals surface area contributed by atoms with Crippen LogP contribution in [0.2, 0.25) is 0 Å². The van der Waals surface area contributed by atoms with Crippen molar-refractivity contribution in [3.05, 3.63) is 35.4 Å². The van der Waals surface area contributed by atoms with Crippen molar-refractivity contribution in [3.8, 4) is 12.3 Å². The number of nitrogens with one attached hydrogen (secondary N) is 2. The van der Waals surface area contributed by atoms with Crippen molar-refractivity contribution < 1.29 is 19.1 Å². The van der Waals surface area contributed by atoms with Crippen molar-refractivity contribution in [2.75, 3.05) is 0 Å². The summed E-state index contributed by atoms with van der Waals surface area (Å²) < 4.78 is 5.43. The zero-order valence-corrected chi connectivity index (χ0v) is 23.7. The topological polar surface area (TPSA) is 87.7 Å². The van der Waals surface area contributed by atoms with Gasteiger partial charge in [0.25, 0.3) is 0 Å². The molecule has 0 radical (unpaired) electrons. The zero-order valence-electron chi connectivity index (χ0n) is 23.7. The Hall–Kier alpha value is -3.01. The molecular weight excluding hydrogens is 454 g/mol. The molecule has 0 aliphatic carbocycles. The van der Waals surface area contributed by atoms with Crippen LogP contribution < -0.4 is 10.6 Å². The summed E-state index contributed by atoms with van der Waals surface area (Å²) in [5.74, 6) is 2.07. The van der Waals surface area contributed by atoms with E-state index in [-0.39, 0.29) is 23.8 Å². The van der Waals surface area contributed by atoms with E-state index in [4.69, 9.17) is 11.2 Å². The molecule has 1 rings (SSSR count). The van der Waals surface area contributed by atoms with E-state index in [1.54, 1.807) is 49.9 Å². The van der Waals surface area contributed by atoms with Crippen LogP contribution in [0.25, 0.3) is 0 Å². The van der Waals surface area contributed by atoms with E-state index in [1.807, 2.05) is 48.5 Å². The molecule has 1 aromatic rings. The van der Waals surface area contributed by atoms with E-state index in [2.05, 4.69) is 16.6 Å². The predicted octanol–water partition coefficient (Wildman–Crippen LogP) is 5.19. The Morgan fingerprint density at radius 1 is 1.06 bits per heavy atom. The molecule has 7 nitrogen and oxygen atoms in total. The Labute approximate surface area is 217 Å². The average Bonchev–Trinajstić information content (AvgIpc) is 2.73. The van der Waals surface area contributed by atoms with Crippen LogP contribution in [0.4, 0.5) is 4.79 Å². The van der Waals surface area contributed by atoms with Gasteiger partial charge in [-0.25, -0.2) is 4.79 Å². The van der Waals surface area contributed by atoms with E-state index in [0.29, 0.717) is 24.0 Å². The van der Waals surface area contributed by atoms with Crippen LogP contribution in [0, 0.1) is 18.3 Å². The van der Waals surface area contributed by atoms with Crippen molar-refractivity contribution in [2.45, 2.75) is 111 Å². The average molecular weight is 500 g/mol. The largest absolute Gasteiger partial charge is 0.444 e. The fourth-order valence-electron chi connectivity index (χ4n) is 3.84. The van der Waals surface area contributed by atoms with Gasteiger partial charge in [0.05, 0.1) is 0 Å². The Morgan fingerprint density at radius 2 is 1.64 bits per heavy atom. The highest BCUT2D eigenvalue weighted by Crippen LogP contribution is 2.30. The first kappa shape index (κ1) is 31.0. The second-order valence-corrected chi connectivity index (χ2v) is 11.7. The maximum Gasteiger partial charge on any atom is 0.408 e. The molecule has 0 aromatic heterocycles. The molecule has 3 atom stereocenters. The number of nitrogens with zero attached hydrogens (tertiary/aromatic N) is 1. The molecule has 3 unspecified atom stereocenters. The third-order valence-electron chi connectivity index (χ3n) is 5.45. The molecule has 0 saturated heterocycles. The number of hydrogen-bond donors (Lipinski definition) is 2. The van der Waals surface area contributed by atoms with Gasteiger partial charge in [-0.3, -0.25) is 9.59 Å². The van der Waals surface area contributed by atoms with Gasteiger partial charge in [-0.05, 0) is 78.9 Å². The number of amides is 3. The van der Waals surface area contributed by atoms with E-state index in [9.17, 15) is 14.4 Å². The number of alkyl carbamates (subject to hydrolysis) is 1. The standard InChI is InChI=1S/C29H45N3O4/c1-12-20(5)32(26(34)23(18-19(3)4)30-27(35)36-29(9,10)11)24(25(33)31-28(6,7)8)22-17-15-14-16-21(22)13-2/h2,14-17,19-20,23-24H,12,18H2,1,3-11H3,(H,30,35)(H,31,33). The van der Waals surface area contributed by atoms with Gasteiger partial charge < -0.3 is 20.3 Å². The minimum atomic E-state index is -0.978. The molecule has 3 amide bonds. The number of rotatable bonds is 9. The first-order valence-electron chi connectivity index (χ1n) is 12.7. The van der Waals surface area contributed by atoms with E-state index in [1.165, 1.54) is 0 Å². The van der Waals surface area contributed by atoms with Gasteiger partial charge in [0.1, 0.15) is 17.7 Å². The fourth-order valence-corrected chi connectivity index (χ4v) is 3.84. The second kappa shape index (κ2) is 12.8. The molecule has 0 heterocycles. The molecule has 0 saturated carbocycles. The Balaban J connectivity index is 3.66. The molecule has 36 heavy (non-hydrogen) atoms. The lowest BCUT2D eigenvalue weighted by atomic mass is 9.93. The quantitative estimate of drug-likeness (QED) is 0.458. The first-order valence-corrected chi connectivity index (χ1v) is 12.7. The molecule has 2 N–H and O–H groups in total. The van der Waals surface area contributed by atoms with E-state index < -0.39 is 29.3 Å². The lowest BCUT2D eigenvalue weighted by molar-refractivity contribution is -0.146. The summed E-state index contributed by atoms with van der Waals surface area (Å²) in [6.07, 6.45) is 6.10. The summed E-state index contributed by atoms with van der Waals surface area (Å²) in [5, 5.41) is 5.78. The number of carbonyl (C=O) groups is 3. The monoisotopic (exact) mass is 499 g/mol. The lowest BCUT2D eigenvalue weighted by Gasteiger charge is -2.40. The summed E-state index contributed by atoms with van der Waals surface area (Å²) in [6, 6.07) is 4.98. The van der Waals surface area contributed by atoms with Crippen LogP contribution in [-0.2, 0) is 14.3 Å². The third-order valence-corrected chi connectivity index (χ3v) is 5.45. The number of carbonyl (C=O) groups excluding carboxylic acids is 3. The van der Waals surface area contributed by atoms with Gasteiger partial charge >= 0.3 is 6.09 Å². The van der Waals surface area contributed by atoms with E-state index >= 15 is 0 Å². The van der Waals surface area contributed by atoms with Crippen molar-refractivity contribution in [1.29, 1.82) is 0 Å². The molecular formula is C29H45N3O4. The Morgan fingerprint density at radius 3 is 2.11 bits per heavy atom. The van der Waals surface area contributed by atoms with Crippen LogP contribution in [0.1, 0.15) is 99.2 Å². The number of hydrogen-bond acceptors (Lipinski definition) is 4. The second-order valence-electron chi connectivity index (χ2n) is 11.7. The van der Waals surface area contributed by atoms with Gasteiger partial charge in [0, 0.05) is 17.1 Å². The zero-order chi connectivity index (χ0) is 27.8. The molecule has 0 fully saturated rings. The van der Waals surface area contributed by atoms with Gasteiger partial charge in [-0.15, -0.1) is 6.42 Å². The molecule has 0 aliphatic heterocycles. The highest BCUT2D eigenvalue weighted by Gasteiger charge is 2.40. The van der Waals surface area contributed by atoms with Crippen LogP contribution in [-0.4, -0.2) is 46.0 Å². The summed E-state index contributed by atoms with van der Waals surface area (Å²) in [5.41, 5.74) is -0.146. The summed E-state index contributed by atoms with van der Waals surface area (Å²) in [6.45, 7) is 18.7. The van der Waals surface area contributed by atoms with Crippen LogP contribution in [0.5, 0.6) is 0 Å². The Bertz CT molecular complexity index is 950. The van der Waals surface area contributed by atoms with Crippen LogP contribution in [0.3, 0.4) is 0 Å². The summed E-state index contributed by atoms with van der Waals surface area (Å²) >= 11 is 0. The summed E-state index contributed by atoms with van der Waals surface area (Å²) in [7, 11) is 0. The maximum absolute atomic E-state index is 14.2. The molecule has 200 valence electrons. The predicted molar refractivity (Wildman–Crippen MR) is 144 cm³/mol. The van der Waals surface area contributed by atoms with Gasteiger partial charge in [0.2, 0.25) is 11.8 Å². The number of terminal acetylenes is 1. The maximum atomic E-state index is 14.2. The van der Waals surface area contributed by atoms with Gasteiger partial charge in [0.15, 0.2) is 0 Å². The van der Waals surface area contributed by atoms with Crippen molar-refractivity contribution in [2.24, 2.45) is 5.92 Å². The fraction of sp³-hybridized carbons (Fsp3) is 0.621. The van der Waals surface area contributed by atoms with Gasteiger partial charge in [-0.2, -0.15) is 0 Å². The molecule has 0 bridgehead atoms. The smallest absolute Gasteiger partial charge is 0.408 e. The van der Waals surface area contributed by atoms with Crippen molar-refractivity contribution >= 4 is 17.9 Å². The minimum Gasteiger partial charge on any atom is -0.444 e. The Kier molecular flexibility index (Phi) is 11.0. The number of benzene rings is 1. The highest BCUT2D eigenvalue weighted by atomic mass is 16.6. The molecule has 7 heteroatoms. The number of ether oxygens (including phenoxy) is 1. The molecule has 0 spiro atoms. The minimum absolute atomic E-state index is 0.104. The highest BCUT2D eigenvalue weighted by molar-refractivity contribution is 5.93. The van der Waals surface area contributed by atoms with Crippen molar-refractivity contribution in [3.63, 3.8) is 0 Å². The van der Waals surface area contributed by atoms with Gasteiger partial charge in [-0.1, -0.05) is 44.9 Å². The van der Waals surface area contributed by atoms with Crippen LogP contribution in [0.15, 0.2) is 24.3 Å². The van der Waals surface area contributed by atoms with Crippen molar-refractivity contribution in [1.82, 2.24) is 15.5 Å². The van der Waals surface area contributed by atoms with Crippen LogP contribution >= 0.6 is 0 Å². The molecule has 0 aliphatic rings. The SMILES string of the molecule is C#Cc1ccccc1C(C(=O)NC(C)(C)C)N(C(=O)C(CC(C)C)NC(=O)OC(C)(C)C)C(C)CC. The third kappa shape index (κ3) is 9.56. The van der Waals surface area contributed by atoms with E-state index in [0.717, 1.165) is 0 Å². The lowest BCUT2D eigenvalue weighted by Crippen LogP contribution is -2.57. The normalized spacial score (nSPS) is 14.3.